The zero-order chi connectivity index (χ0) is 23.7. The van der Waals surface area contributed by atoms with Crippen LogP contribution in [0.4, 0.5) is 4.39 Å². The summed E-state index contributed by atoms with van der Waals surface area (Å²) in [6.45, 7) is 4.73. The van der Waals surface area contributed by atoms with E-state index in [2.05, 4.69) is 11.6 Å². The molecular weight excluding hydrogens is 435 g/mol. The first-order valence-corrected chi connectivity index (χ1v) is 11.0. The fraction of sp³-hybridized carbons (Fsp3) is 0.192. The fourth-order valence-electron chi connectivity index (χ4n) is 4.43. The van der Waals surface area contributed by atoms with E-state index in [4.69, 9.17) is 4.74 Å². The number of benzene rings is 2. The smallest absolute Gasteiger partial charge is 0.334 e. The summed E-state index contributed by atoms with van der Waals surface area (Å²) >= 11 is 0. The van der Waals surface area contributed by atoms with Gasteiger partial charge in [-0.1, -0.05) is 36.9 Å². The number of carbonyl (C=O) groups is 1. The lowest BCUT2D eigenvalue weighted by atomic mass is 10.2. The zero-order valence-electron chi connectivity index (χ0n) is 18.4. The quantitative estimate of drug-likeness (QED) is 0.412. The molecule has 0 N–H and O–H groups in total. The van der Waals surface area contributed by atoms with E-state index in [-0.39, 0.29) is 30.0 Å². The summed E-state index contributed by atoms with van der Waals surface area (Å²) in [5.41, 5.74) is 2.25. The highest BCUT2D eigenvalue weighted by Gasteiger charge is 2.30. The number of carbonyl (C=O) groups excluding carboxylic acids is 1. The van der Waals surface area contributed by atoms with Crippen molar-refractivity contribution in [3.05, 3.63) is 102 Å². The van der Waals surface area contributed by atoms with Crippen molar-refractivity contribution >= 4 is 16.9 Å². The van der Waals surface area contributed by atoms with Gasteiger partial charge in [-0.2, -0.15) is 0 Å². The van der Waals surface area contributed by atoms with Gasteiger partial charge >= 0.3 is 5.69 Å². The number of fused-ring (bicyclic) bond motifs is 1. The van der Waals surface area contributed by atoms with E-state index in [1.807, 2.05) is 30.3 Å². The van der Waals surface area contributed by atoms with Crippen LogP contribution in [0.5, 0.6) is 5.75 Å². The Morgan fingerprint density at radius 2 is 2.00 bits per heavy atom. The first kappa shape index (κ1) is 21.6. The van der Waals surface area contributed by atoms with Gasteiger partial charge in [0.2, 0.25) is 5.91 Å². The second kappa shape index (κ2) is 8.97. The lowest BCUT2D eigenvalue weighted by molar-refractivity contribution is -0.125. The predicted octanol–water partition coefficient (Wildman–Crippen LogP) is 3.86. The van der Waals surface area contributed by atoms with Crippen LogP contribution in [0.3, 0.4) is 0 Å². The molecule has 0 saturated carbocycles. The van der Waals surface area contributed by atoms with Crippen LogP contribution >= 0.6 is 0 Å². The molecule has 0 radical (unpaired) electrons. The van der Waals surface area contributed by atoms with E-state index in [9.17, 15) is 14.0 Å². The van der Waals surface area contributed by atoms with Crippen molar-refractivity contribution in [3.8, 4) is 11.4 Å². The number of aromatic nitrogens is 3. The molecule has 34 heavy (non-hydrogen) atoms. The molecule has 2 aromatic heterocycles. The molecule has 1 fully saturated rings. The van der Waals surface area contributed by atoms with Gasteiger partial charge in [-0.15, -0.1) is 0 Å². The number of amides is 1. The van der Waals surface area contributed by atoms with Gasteiger partial charge < -0.3 is 9.64 Å². The van der Waals surface area contributed by atoms with Crippen molar-refractivity contribution in [2.75, 3.05) is 13.1 Å². The molecule has 0 bridgehead atoms. The molecule has 1 amide bonds. The number of likely N-dealkylation sites (tertiary alicyclic amines) is 1. The Labute approximate surface area is 195 Å². The number of halogens is 1. The molecule has 8 heteroatoms. The summed E-state index contributed by atoms with van der Waals surface area (Å²) in [7, 11) is 0. The number of ether oxygens (including phenoxy) is 1. The normalized spacial score (nSPS) is 15.6. The van der Waals surface area contributed by atoms with Crippen molar-refractivity contribution in [1.29, 1.82) is 0 Å². The lowest BCUT2D eigenvalue weighted by Gasteiger charge is -2.15. The number of rotatable bonds is 6. The molecule has 4 aromatic rings. The second-order valence-electron chi connectivity index (χ2n) is 8.17. The highest BCUT2D eigenvalue weighted by molar-refractivity contribution is 5.87. The lowest BCUT2D eigenvalue weighted by Crippen LogP contribution is -2.31. The van der Waals surface area contributed by atoms with E-state index in [0.29, 0.717) is 36.2 Å². The van der Waals surface area contributed by atoms with Gasteiger partial charge in [0.05, 0.1) is 29.0 Å². The van der Waals surface area contributed by atoms with Crippen molar-refractivity contribution in [3.63, 3.8) is 0 Å². The van der Waals surface area contributed by atoms with E-state index in [0.717, 1.165) is 5.56 Å². The number of hydrogen-bond acceptors (Lipinski definition) is 4. The molecule has 1 saturated heterocycles. The Morgan fingerprint density at radius 3 is 2.76 bits per heavy atom. The van der Waals surface area contributed by atoms with Crippen LogP contribution in [-0.4, -0.2) is 38.0 Å². The summed E-state index contributed by atoms with van der Waals surface area (Å²) in [5, 5.41) is 0. The molecule has 172 valence electrons. The molecule has 2 aromatic carbocycles. The minimum Gasteiger partial charge on any atom is -0.486 e. The maximum Gasteiger partial charge on any atom is 0.334 e. The highest BCUT2D eigenvalue weighted by atomic mass is 19.1. The third-order valence-corrected chi connectivity index (χ3v) is 6.10. The van der Waals surface area contributed by atoms with Crippen LogP contribution in [0.2, 0.25) is 0 Å². The van der Waals surface area contributed by atoms with Gasteiger partial charge in [-0.25, -0.2) is 9.18 Å². The third-order valence-electron chi connectivity index (χ3n) is 6.10. The number of nitrogens with zero attached hydrogens (tertiary/aromatic N) is 4. The van der Waals surface area contributed by atoms with Crippen molar-refractivity contribution in [2.24, 2.45) is 0 Å². The average Bonchev–Trinajstić information content (AvgIpc) is 3.45. The zero-order valence-corrected chi connectivity index (χ0v) is 18.4. The molecular formula is C26H23FN4O3. The minimum absolute atomic E-state index is 0.108. The van der Waals surface area contributed by atoms with E-state index in [1.165, 1.54) is 22.8 Å². The summed E-state index contributed by atoms with van der Waals surface area (Å²) in [4.78, 5) is 31.4. The SMILES string of the molecule is C=CC(=O)N1CC[C@@H](n2c(=O)n(-c3ccc(OCc4ccccc4)c(F)c3)c3cnccc32)C1. The summed E-state index contributed by atoms with van der Waals surface area (Å²) in [6.07, 6.45) is 5.13. The maximum atomic E-state index is 14.9. The number of pyridine rings is 1. The molecule has 1 aliphatic heterocycles. The van der Waals surface area contributed by atoms with Gasteiger partial charge in [0.25, 0.3) is 0 Å². The summed E-state index contributed by atoms with van der Waals surface area (Å²) in [5.74, 6) is -0.611. The fourth-order valence-corrected chi connectivity index (χ4v) is 4.43. The molecule has 0 aliphatic carbocycles. The summed E-state index contributed by atoms with van der Waals surface area (Å²) < 4.78 is 23.7. The third kappa shape index (κ3) is 3.87. The van der Waals surface area contributed by atoms with Gasteiger partial charge in [0.15, 0.2) is 11.6 Å². The van der Waals surface area contributed by atoms with Crippen LogP contribution in [0, 0.1) is 5.82 Å². The Morgan fingerprint density at radius 1 is 1.18 bits per heavy atom. The van der Waals surface area contributed by atoms with Crippen LogP contribution in [0.25, 0.3) is 16.7 Å². The van der Waals surface area contributed by atoms with E-state index in [1.54, 1.807) is 34.0 Å². The monoisotopic (exact) mass is 458 g/mol. The molecule has 0 spiro atoms. The number of imidazole rings is 1. The topological polar surface area (TPSA) is 69.4 Å². The predicted molar refractivity (Wildman–Crippen MR) is 126 cm³/mol. The van der Waals surface area contributed by atoms with Crippen molar-refractivity contribution in [2.45, 2.75) is 19.1 Å². The Kier molecular flexibility index (Phi) is 5.71. The molecule has 5 rings (SSSR count). The molecule has 3 heterocycles. The van der Waals surface area contributed by atoms with E-state index >= 15 is 0 Å². The highest BCUT2D eigenvalue weighted by Crippen LogP contribution is 2.28. The van der Waals surface area contributed by atoms with Gasteiger partial charge in [-0.3, -0.25) is 18.9 Å². The maximum absolute atomic E-state index is 14.9. The van der Waals surface area contributed by atoms with E-state index < -0.39 is 5.82 Å². The van der Waals surface area contributed by atoms with Gasteiger partial charge in [0.1, 0.15) is 6.61 Å². The van der Waals surface area contributed by atoms with Gasteiger partial charge in [0, 0.05) is 25.4 Å². The summed E-state index contributed by atoms with van der Waals surface area (Å²) in [6, 6.07) is 15.5. The molecule has 1 aliphatic rings. The Bertz CT molecular complexity index is 1430. The first-order chi connectivity index (χ1) is 16.6. The molecule has 7 nitrogen and oxygen atoms in total. The minimum atomic E-state index is -0.561. The van der Waals surface area contributed by atoms with Crippen molar-refractivity contribution < 1.29 is 13.9 Å². The Balaban J connectivity index is 1.49. The molecule has 1 atom stereocenters. The van der Waals surface area contributed by atoms with Crippen LogP contribution in [0.1, 0.15) is 18.0 Å². The first-order valence-electron chi connectivity index (χ1n) is 11.0. The van der Waals surface area contributed by atoms with Gasteiger partial charge in [-0.05, 0) is 36.3 Å². The largest absolute Gasteiger partial charge is 0.486 e. The Hall–Kier alpha value is -4.20. The molecule has 0 unspecified atom stereocenters. The standard InChI is InChI=1S/C26H23FN4O3/c1-2-25(32)29-13-11-20(16-29)31-22-10-12-28-15-23(22)30(26(31)33)19-8-9-24(21(27)14-19)34-17-18-6-4-3-5-7-18/h2-10,12,14-15,20H,1,11,13,16-17H2/t20-/m1/s1. The number of hydrogen-bond donors (Lipinski definition) is 0. The second-order valence-corrected chi connectivity index (χ2v) is 8.17. The van der Waals surface area contributed by atoms with Crippen molar-refractivity contribution in [1.82, 2.24) is 19.0 Å². The van der Waals surface area contributed by atoms with Crippen LogP contribution < -0.4 is 10.4 Å². The van der Waals surface area contributed by atoms with Crippen LogP contribution in [-0.2, 0) is 11.4 Å². The van der Waals surface area contributed by atoms with Crippen LogP contribution in [0.15, 0.2) is 84.4 Å². The average molecular weight is 458 g/mol.